The molecule has 0 radical (unpaired) electrons. The number of benzene rings is 1. The average Bonchev–Trinajstić information content (AvgIpc) is 3.21. The van der Waals surface area contributed by atoms with E-state index in [0.717, 1.165) is 44.6 Å². The second-order valence-corrected chi connectivity index (χ2v) is 6.16. The lowest BCUT2D eigenvalue weighted by Gasteiger charge is -2.27. The second-order valence-electron chi connectivity index (χ2n) is 5.72. The first-order chi connectivity index (χ1) is 9.75. The number of nitrogens with zero attached hydrogens (tertiary/aromatic N) is 1. The Labute approximate surface area is 124 Å². The fourth-order valence-corrected chi connectivity index (χ4v) is 2.99. The average molecular weight is 294 g/mol. The first kappa shape index (κ1) is 13.9. The molecule has 2 fully saturated rings. The highest BCUT2D eigenvalue weighted by Gasteiger charge is 2.37. The Morgan fingerprint density at radius 2 is 2.05 bits per heavy atom. The molecule has 20 heavy (non-hydrogen) atoms. The van der Waals surface area contributed by atoms with E-state index >= 15 is 0 Å². The Morgan fingerprint density at radius 1 is 1.30 bits per heavy atom. The Bertz CT molecular complexity index is 455. The maximum atomic E-state index is 12.7. The first-order valence-electron chi connectivity index (χ1n) is 7.33. The number of rotatable bonds is 5. The third-order valence-electron chi connectivity index (χ3n) is 4.06. The number of amides is 1. The van der Waals surface area contributed by atoms with E-state index in [1.54, 1.807) is 0 Å². The molecule has 0 N–H and O–H groups in total. The fourth-order valence-electron chi connectivity index (χ4n) is 2.72. The molecule has 1 aliphatic heterocycles. The Morgan fingerprint density at radius 3 is 2.65 bits per heavy atom. The normalized spacial score (nSPS) is 23.6. The smallest absolute Gasteiger partial charge is 0.245 e. The van der Waals surface area contributed by atoms with Crippen LogP contribution in [0.25, 0.3) is 0 Å². The zero-order chi connectivity index (χ0) is 13.9. The van der Waals surface area contributed by atoms with Gasteiger partial charge in [-0.05, 0) is 24.8 Å². The lowest BCUT2D eigenvalue weighted by molar-refractivity contribution is -0.132. The molecular weight excluding hydrogens is 274 g/mol. The molecule has 1 saturated carbocycles. The van der Waals surface area contributed by atoms with Gasteiger partial charge in [0.15, 0.2) is 0 Å². The molecule has 4 heteroatoms. The van der Waals surface area contributed by atoms with Crippen molar-refractivity contribution in [3.05, 3.63) is 35.9 Å². The molecule has 1 heterocycles. The highest BCUT2D eigenvalue weighted by atomic mass is 35.5. The maximum Gasteiger partial charge on any atom is 0.245 e. The molecule has 108 valence electrons. The van der Waals surface area contributed by atoms with Gasteiger partial charge in [-0.3, -0.25) is 4.79 Å². The highest BCUT2D eigenvalue weighted by molar-refractivity contribution is 6.30. The molecule has 0 bridgehead atoms. The first-order valence-corrected chi connectivity index (χ1v) is 7.76. The van der Waals surface area contributed by atoms with Crippen LogP contribution in [-0.4, -0.2) is 36.6 Å². The number of carbonyl (C=O) groups is 1. The molecular formula is C16H20ClNO2. The monoisotopic (exact) mass is 293 g/mol. The highest BCUT2D eigenvalue weighted by Crippen LogP contribution is 2.33. The second kappa shape index (κ2) is 6.15. The third-order valence-corrected chi connectivity index (χ3v) is 4.50. The van der Waals surface area contributed by atoms with E-state index in [4.69, 9.17) is 16.3 Å². The van der Waals surface area contributed by atoms with Crippen molar-refractivity contribution < 1.29 is 9.53 Å². The van der Waals surface area contributed by atoms with Gasteiger partial charge in [0.25, 0.3) is 0 Å². The van der Waals surface area contributed by atoms with E-state index < -0.39 is 5.38 Å². The summed E-state index contributed by atoms with van der Waals surface area (Å²) in [5.74, 6) is 0.520. The summed E-state index contributed by atoms with van der Waals surface area (Å²) in [5, 5.41) is -0.570. The van der Waals surface area contributed by atoms with Gasteiger partial charge in [0.2, 0.25) is 5.91 Å². The number of carbonyl (C=O) groups excluding carboxylic acids is 1. The van der Waals surface area contributed by atoms with Gasteiger partial charge in [-0.1, -0.05) is 30.3 Å². The molecule has 1 amide bonds. The summed E-state index contributed by atoms with van der Waals surface area (Å²) in [6, 6.07) is 10.0. The molecule has 0 aromatic heterocycles. The minimum absolute atomic E-state index is 0.0484. The Balaban J connectivity index is 1.68. The molecule has 0 spiro atoms. The molecule has 3 nitrogen and oxygen atoms in total. The summed E-state index contributed by atoms with van der Waals surface area (Å²) in [7, 11) is 0. The van der Waals surface area contributed by atoms with Gasteiger partial charge in [0.1, 0.15) is 5.38 Å². The van der Waals surface area contributed by atoms with Crippen molar-refractivity contribution in [1.82, 2.24) is 4.90 Å². The zero-order valence-electron chi connectivity index (χ0n) is 11.5. The van der Waals surface area contributed by atoms with Crippen molar-refractivity contribution in [1.29, 1.82) is 0 Å². The predicted octanol–water partition coefficient (Wildman–Crippen LogP) is 2.99. The molecule has 2 atom stereocenters. The quantitative estimate of drug-likeness (QED) is 0.781. The van der Waals surface area contributed by atoms with Gasteiger partial charge in [0.05, 0.1) is 6.61 Å². The predicted molar refractivity (Wildman–Crippen MR) is 78.7 cm³/mol. The van der Waals surface area contributed by atoms with Crippen LogP contribution >= 0.6 is 11.6 Å². The summed E-state index contributed by atoms with van der Waals surface area (Å²) in [6.45, 7) is 2.38. The van der Waals surface area contributed by atoms with Crippen LogP contribution in [0.3, 0.4) is 0 Å². The molecule has 3 rings (SSSR count). The maximum absolute atomic E-state index is 12.7. The minimum Gasteiger partial charge on any atom is -0.381 e. The van der Waals surface area contributed by atoms with Crippen LogP contribution in [0.5, 0.6) is 0 Å². The number of halogens is 1. The van der Waals surface area contributed by atoms with Gasteiger partial charge in [-0.2, -0.15) is 0 Å². The van der Waals surface area contributed by atoms with Gasteiger partial charge in [0, 0.05) is 25.1 Å². The van der Waals surface area contributed by atoms with Gasteiger partial charge >= 0.3 is 0 Å². The fraction of sp³-hybridized carbons (Fsp3) is 0.562. The molecule has 1 saturated heterocycles. The lowest BCUT2D eigenvalue weighted by Crippen LogP contribution is -2.39. The lowest BCUT2D eigenvalue weighted by atomic mass is 10.1. The van der Waals surface area contributed by atoms with Crippen LogP contribution in [-0.2, 0) is 9.53 Å². The van der Waals surface area contributed by atoms with Gasteiger partial charge in [-0.25, -0.2) is 0 Å². The van der Waals surface area contributed by atoms with Crippen LogP contribution in [0.1, 0.15) is 30.2 Å². The van der Waals surface area contributed by atoms with Crippen LogP contribution < -0.4 is 0 Å². The summed E-state index contributed by atoms with van der Waals surface area (Å²) < 4.78 is 5.41. The van der Waals surface area contributed by atoms with Crippen molar-refractivity contribution in [2.45, 2.75) is 30.7 Å². The number of hydrogen-bond donors (Lipinski definition) is 0. The van der Waals surface area contributed by atoms with Crippen molar-refractivity contribution in [3.63, 3.8) is 0 Å². The van der Waals surface area contributed by atoms with E-state index in [0.29, 0.717) is 12.0 Å². The standard InChI is InChI=1S/C16H20ClNO2/c17-15(13-4-2-1-3-5-13)16(19)18(14-6-7-14)10-12-8-9-20-11-12/h1-5,12,14-15H,6-11H2. The SMILES string of the molecule is O=C(C(Cl)c1ccccc1)N(CC1CCOC1)C1CC1. The molecule has 1 aliphatic carbocycles. The third kappa shape index (κ3) is 3.15. The van der Waals surface area contributed by atoms with Crippen LogP contribution in [0.2, 0.25) is 0 Å². The number of hydrogen-bond acceptors (Lipinski definition) is 2. The number of ether oxygens (including phenoxy) is 1. The summed E-state index contributed by atoms with van der Waals surface area (Å²) >= 11 is 6.39. The molecule has 2 aliphatic rings. The molecule has 2 unspecified atom stereocenters. The van der Waals surface area contributed by atoms with E-state index in [1.807, 2.05) is 35.2 Å². The Kier molecular flexibility index (Phi) is 4.27. The van der Waals surface area contributed by atoms with Crippen molar-refractivity contribution >= 4 is 17.5 Å². The molecule has 1 aromatic carbocycles. The van der Waals surface area contributed by atoms with Crippen LogP contribution in [0, 0.1) is 5.92 Å². The Hall–Kier alpha value is -1.06. The molecule has 1 aromatic rings. The van der Waals surface area contributed by atoms with E-state index in [9.17, 15) is 4.79 Å². The minimum atomic E-state index is -0.570. The van der Waals surface area contributed by atoms with Crippen LogP contribution in [0.4, 0.5) is 0 Å². The van der Waals surface area contributed by atoms with E-state index in [-0.39, 0.29) is 5.91 Å². The summed E-state index contributed by atoms with van der Waals surface area (Å²) in [5.41, 5.74) is 0.882. The van der Waals surface area contributed by atoms with Crippen molar-refractivity contribution in [2.75, 3.05) is 19.8 Å². The summed E-state index contributed by atoms with van der Waals surface area (Å²) in [6.07, 6.45) is 3.27. The van der Waals surface area contributed by atoms with Crippen molar-refractivity contribution in [2.24, 2.45) is 5.92 Å². The van der Waals surface area contributed by atoms with E-state index in [1.165, 1.54) is 0 Å². The summed E-state index contributed by atoms with van der Waals surface area (Å²) in [4.78, 5) is 14.7. The van der Waals surface area contributed by atoms with Gasteiger partial charge < -0.3 is 9.64 Å². The topological polar surface area (TPSA) is 29.5 Å². The van der Waals surface area contributed by atoms with Crippen LogP contribution in [0.15, 0.2) is 30.3 Å². The zero-order valence-corrected chi connectivity index (χ0v) is 12.3. The number of alkyl halides is 1. The van der Waals surface area contributed by atoms with Gasteiger partial charge in [-0.15, -0.1) is 11.6 Å². The largest absolute Gasteiger partial charge is 0.381 e. The van der Waals surface area contributed by atoms with Crippen molar-refractivity contribution in [3.8, 4) is 0 Å². The van der Waals surface area contributed by atoms with E-state index in [2.05, 4.69) is 0 Å².